The van der Waals surface area contributed by atoms with Gasteiger partial charge in [0.05, 0.1) is 30.7 Å². The molecule has 4 nitrogen and oxygen atoms in total. The summed E-state index contributed by atoms with van der Waals surface area (Å²) in [6.45, 7) is 10.2. The van der Waals surface area contributed by atoms with Crippen molar-refractivity contribution in [2.45, 2.75) is 72.5 Å². The molecule has 1 saturated heterocycles. The Balaban J connectivity index is 2.29. The van der Waals surface area contributed by atoms with Gasteiger partial charge in [0, 0.05) is 5.92 Å². The zero-order valence-electron chi connectivity index (χ0n) is 15.6. The summed E-state index contributed by atoms with van der Waals surface area (Å²) >= 11 is 0. The lowest BCUT2D eigenvalue weighted by Crippen LogP contribution is -2.53. The van der Waals surface area contributed by atoms with E-state index in [2.05, 4.69) is 19.1 Å². The first-order valence-corrected chi connectivity index (χ1v) is 8.91. The van der Waals surface area contributed by atoms with Crippen molar-refractivity contribution >= 4 is 11.8 Å². The molecule has 2 aliphatic rings. The van der Waals surface area contributed by atoms with Crippen molar-refractivity contribution in [3.63, 3.8) is 0 Å². The smallest absolute Gasteiger partial charge is 0.308 e. The SMILES string of the molecule is C/C1=C\CCOC(=O)CC2OC(/C(C)=C/CC1)C(C)C(=O)C2(C)C. The largest absolute Gasteiger partial charge is 0.465 e. The number of carbonyl (C=O) groups is 2. The fourth-order valence-electron chi connectivity index (χ4n) is 3.59. The normalized spacial score (nSPS) is 36.6. The van der Waals surface area contributed by atoms with Crippen molar-refractivity contribution in [3.8, 4) is 0 Å². The van der Waals surface area contributed by atoms with Crippen LogP contribution in [0.15, 0.2) is 23.3 Å². The van der Waals surface area contributed by atoms with Crippen LogP contribution in [-0.4, -0.2) is 30.6 Å². The van der Waals surface area contributed by atoms with Crippen LogP contribution in [0.4, 0.5) is 0 Å². The highest BCUT2D eigenvalue weighted by molar-refractivity contribution is 5.89. The molecule has 2 aliphatic heterocycles. The first-order valence-electron chi connectivity index (χ1n) is 8.91. The van der Waals surface area contributed by atoms with Gasteiger partial charge in [0.15, 0.2) is 0 Å². The van der Waals surface area contributed by atoms with Gasteiger partial charge in [-0.3, -0.25) is 9.59 Å². The fraction of sp³-hybridized carbons (Fsp3) is 0.700. The number of esters is 1. The number of Topliss-reactive ketones (excluding diaryl/α,β-unsaturated/α-hetero) is 1. The third-order valence-corrected chi connectivity index (χ3v) is 5.30. The van der Waals surface area contributed by atoms with Crippen LogP contribution in [0.5, 0.6) is 0 Å². The maximum absolute atomic E-state index is 12.8. The van der Waals surface area contributed by atoms with Crippen molar-refractivity contribution < 1.29 is 19.1 Å². The Morgan fingerprint density at radius 1 is 1.12 bits per heavy atom. The van der Waals surface area contributed by atoms with E-state index in [4.69, 9.17) is 9.47 Å². The van der Waals surface area contributed by atoms with Crippen molar-refractivity contribution in [1.29, 1.82) is 0 Å². The fourth-order valence-corrected chi connectivity index (χ4v) is 3.59. The van der Waals surface area contributed by atoms with Crippen LogP contribution in [0, 0.1) is 11.3 Å². The van der Waals surface area contributed by atoms with Gasteiger partial charge in [-0.15, -0.1) is 0 Å². The number of fused-ring (bicyclic) bond motifs is 2. The van der Waals surface area contributed by atoms with Crippen LogP contribution in [0.1, 0.15) is 60.3 Å². The molecule has 0 aromatic rings. The summed E-state index contributed by atoms with van der Waals surface area (Å²) in [5.41, 5.74) is 1.69. The average Bonchev–Trinajstić information content (AvgIpc) is 2.51. The first kappa shape index (κ1) is 18.9. The molecule has 0 aromatic heterocycles. The minimum atomic E-state index is -0.678. The Labute approximate surface area is 145 Å². The summed E-state index contributed by atoms with van der Waals surface area (Å²) in [5.74, 6) is -0.334. The van der Waals surface area contributed by atoms with Gasteiger partial charge in [0.25, 0.3) is 0 Å². The molecule has 4 heteroatoms. The standard InChI is InChI=1S/C20H30O4/c1-13-8-6-10-14(2)18-15(3)19(22)20(4,5)16(24-18)12-17(21)23-11-7-9-13/h9-10,15-16,18H,6-8,11-12H2,1-5H3/b13-9+,14-10+. The number of allylic oxidation sites excluding steroid dienone is 2. The molecular weight excluding hydrogens is 304 g/mol. The molecule has 3 atom stereocenters. The molecular formula is C20H30O4. The highest BCUT2D eigenvalue weighted by Gasteiger charge is 2.49. The van der Waals surface area contributed by atoms with Crippen molar-refractivity contribution in [1.82, 2.24) is 0 Å². The molecule has 3 unspecified atom stereocenters. The number of cyclic esters (lactones) is 1. The van der Waals surface area contributed by atoms with E-state index in [1.807, 2.05) is 27.7 Å². The zero-order valence-corrected chi connectivity index (χ0v) is 15.6. The molecule has 2 rings (SSSR count). The van der Waals surface area contributed by atoms with Crippen LogP contribution in [0.2, 0.25) is 0 Å². The van der Waals surface area contributed by atoms with E-state index in [1.54, 1.807) is 0 Å². The van der Waals surface area contributed by atoms with E-state index < -0.39 is 11.5 Å². The zero-order chi connectivity index (χ0) is 17.9. The van der Waals surface area contributed by atoms with Gasteiger partial charge >= 0.3 is 5.97 Å². The van der Waals surface area contributed by atoms with Gasteiger partial charge in [-0.05, 0) is 38.7 Å². The molecule has 0 saturated carbocycles. The summed E-state index contributed by atoms with van der Waals surface area (Å²) in [6, 6.07) is 0. The average molecular weight is 334 g/mol. The van der Waals surface area contributed by atoms with E-state index in [0.29, 0.717) is 6.61 Å². The van der Waals surface area contributed by atoms with Crippen LogP contribution in [0.3, 0.4) is 0 Å². The predicted molar refractivity (Wildman–Crippen MR) is 93.6 cm³/mol. The Morgan fingerprint density at radius 3 is 2.54 bits per heavy atom. The van der Waals surface area contributed by atoms with Crippen LogP contribution in [-0.2, 0) is 19.1 Å². The maximum atomic E-state index is 12.8. The van der Waals surface area contributed by atoms with Gasteiger partial charge in [-0.2, -0.15) is 0 Å². The molecule has 0 aliphatic carbocycles. The number of ketones is 1. The minimum Gasteiger partial charge on any atom is -0.465 e. The molecule has 0 N–H and O–H groups in total. The second-order valence-corrected chi connectivity index (χ2v) is 7.67. The molecule has 1 fully saturated rings. The molecule has 2 heterocycles. The lowest BCUT2D eigenvalue weighted by molar-refractivity contribution is -0.172. The number of carbonyl (C=O) groups excluding carboxylic acids is 2. The molecule has 134 valence electrons. The monoisotopic (exact) mass is 334 g/mol. The lowest BCUT2D eigenvalue weighted by Gasteiger charge is -2.44. The number of ether oxygens (including phenoxy) is 2. The Bertz CT molecular complexity index is 556. The second-order valence-electron chi connectivity index (χ2n) is 7.67. The van der Waals surface area contributed by atoms with Crippen LogP contribution < -0.4 is 0 Å². The van der Waals surface area contributed by atoms with Gasteiger partial charge in [0.2, 0.25) is 0 Å². The quantitative estimate of drug-likeness (QED) is 0.496. The summed E-state index contributed by atoms with van der Waals surface area (Å²) in [5, 5.41) is 0. The molecule has 2 bridgehead atoms. The molecule has 0 amide bonds. The summed E-state index contributed by atoms with van der Waals surface area (Å²) in [4.78, 5) is 25.0. The summed E-state index contributed by atoms with van der Waals surface area (Å²) in [7, 11) is 0. The molecule has 0 radical (unpaired) electrons. The van der Waals surface area contributed by atoms with E-state index in [-0.39, 0.29) is 30.2 Å². The topological polar surface area (TPSA) is 52.6 Å². The minimum absolute atomic E-state index is 0.123. The number of hydrogen-bond donors (Lipinski definition) is 0. The molecule has 0 aromatic carbocycles. The van der Waals surface area contributed by atoms with Gasteiger partial charge in [-0.1, -0.05) is 38.5 Å². The van der Waals surface area contributed by atoms with Gasteiger partial charge < -0.3 is 9.47 Å². The van der Waals surface area contributed by atoms with Gasteiger partial charge in [-0.25, -0.2) is 0 Å². The van der Waals surface area contributed by atoms with E-state index in [1.165, 1.54) is 5.57 Å². The van der Waals surface area contributed by atoms with Crippen molar-refractivity contribution in [2.24, 2.45) is 11.3 Å². The number of rotatable bonds is 0. The first-order chi connectivity index (χ1) is 11.2. The van der Waals surface area contributed by atoms with E-state index >= 15 is 0 Å². The highest BCUT2D eigenvalue weighted by Crippen LogP contribution is 2.40. The molecule has 24 heavy (non-hydrogen) atoms. The summed E-state index contributed by atoms with van der Waals surface area (Å²) in [6.07, 6.45) is 6.36. The maximum Gasteiger partial charge on any atom is 0.308 e. The number of hydrogen-bond acceptors (Lipinski definition) is 4. The Kier molecular flexibility index (Phi) is 6.02. The van der Waals surface area contributed by atoms with Crippen LogP contribution in [0.25, 0.3) is 0 Å². The van der Waals surface area contributed by atoms with Crippen molar-refractivity contribution in [3.05, 3.63) is 23.3 Å². The lowest BCUT2D eigenvalue weighted by atomic mass is 9.71. The third kappa shape index (κ3) is 4.15. The Hall–Kier alpha value is -1.42. The van der Waals surface area contributed by atoms with Crippen molar-refractivity contribution in [2.75, 3.05) is 6.61 Å². The third-order valence-electron chi connectivity index (χ3n) is 5.30. The summed E-state index contributed by atoms with van der Waals surface area (Å²) < 4.78 is 11.6. The van der Waals surface area contributed by atoms with E-state index in [0.717, 1.165) is 24.8 Å². The highest BCUT2D eigenvalue weighted by atomic mass is 16.5. The van der Waals surface area contributed by atoms with Gasteiger partial charge in [0.1, 0.15) is 5.78 Å². The van der Waals surface area contributed by atoms with Crippen LogP contribution >= 0.6 is 0 Å². The second kappa shape index (κ2) is 7.64. The molecule has 0 spiro atoms. The Morgan fingerprint density at radius 2 is 1.83 bits per heavy atom. The van der Waals surface area contributed by atoms with E-state index in [9.17, 15) is 9.59 Å². The predicted octanol–water partition coefficient (Wildman–Crippen LogP) is 4.00.